The number of nitrogens with zero attached hydrogens (tertiary/aromatic N) is 6. The summed E-state index contributed by atoms with van der Waals surface area (Å²) in [7, 11) is 0. The zero-order valence-electron chi connectivity index (χ0n) is 12.4. The number of fused-ring (bicyclic) bond motifs is 1. The molecule has 0 aromatic carbocycles. The molecule has 4 rings (SSSR count). The van der Waals surface area contributed by atoms with Crippen LogP contribution >= 0.6 is 15.9 Å². The normalized spacial score (nSPS) is 15.2. The summed E-state index contributed by atoms with van der Waals surface area (Å²) in [6.07, 6.45) is 10.2. The Bertz CT molecular complexity index is 848. The van der Waals surface area contributed by atoms with E-state index < -0.39 is 0 Å². The third-order valence-corrected chi connectivity index (χ3v) is 4.16. The molecule has 0 atom stereocenters. The minimum Gasteiger partial charge on any atom is -0.327 e. The molecule has 6 nitrogen and oxygen atoms in total. The average molecular weight is 359 g/mol. The van der Waals surface area contributed by atoms with Crippen molar-refractivity contribution < 1.29 is 0 Å². The van der Waals surface area contributed by atoms with Crippen LogP contribution in [0, 0.1) is 13.8 Å². The fraction of sp³-hybridized carbons (Fsp3) is 0.333. The van der Waals surface area contributed by atoms with Gasteiger partial charge in [-0.3, -0.25) is 4.98 Å². The summed E-state index contributed by atoms with van der Waals surface area (Å²) in [4.78, 5) is 13.4. The van der Waals surface area contributed by atoms with E-state index >= 15 is 0 Å². The number of aryl methyl sites for hydroxylation is 2. The Morgan fingerprint density at radius 1 is 1.23 bits per heavy atom. The summed E-state index contributed by atoms with van der Waals surface area (Å²) >= 11 is 3.44. The lowest BCUT2D eigenvalue weighted by Crippen LogP contribution is -1.97. The molecule has 3 aromatic rings. The van der Waals surface area contributed by atoms with Crippen LogP contribution in [0.4, 0.5) is 0 Å². The van der Waals surface area contributed by atoms with Crippen LogP contribution in [-0.2, 0) is 0 Å². The van der Waals surface area contributed by atoms with Gasteiger partial charge in [-0.1, -0.05) is 0 Å². The van der Waals surface area contributed by atoms with Crippen molar-refractivity contribution in [2.75, 3.05) is 0 Å². The van der Waals surface area contributed by atoms with E-state index in [1.54, 1.807) is 6.20 Å². The van der Waals surface area contributed by atoms with E-state index in [0.717, 1.165) is 27.5 Å². The Morgan fingerprint density at radius 3 is 2.77 bits per heavy atom. The van der Waals surface area contributed by atoms with Crippen LogP contribution in [-0.4, -0.2) is 29.1 Å². The molecule has 1 saturated carbocycles. The lowest BCUT2D eigenvalue weighted by molar-refractivity contribution is 0.732. The van der Waals surface area contributed by atoms with Gasteiger partial charge in [-0.25, -0.2) is 14.5 Å². The molecule has 0 spiro atoms. The summed E-state index contributed by atoms with van der Waals surface area (Å²) in [6.45, 7) is 3.91. The first-order chi connectivity index (χ1) is 10.6. The average Bonchev–Trinajstić information content (AvgIpc) is 3.12. The molecule has 112 valence electrons. The summed E-state index contributed by atoms with van der Waals surface area (Å²) in [6, 6.07) is 0.584. The van der Waals surface area contributed by atoms with Gasteiger partial charge in [-0.15, -0.1) is 5.10 Å². The predicted octanol–water partition coefficient (Wildman–Crippen LogP) is 3.21. The molecular formula is C15H15BrN6. The van der Waals surface area contributed by atoms with Crippen LogP contribution in [0.5, 0.6) is 0 Å². The van der Waals surface area contributed by atoms with Gasteiger partial charge < -0.3 is 4.57 Å². The summed E-state index contributed by atoms with van der Waals surface area (Å²) in [5.41, 5.74) is 2.64. The Kier molecular flexibility index (Phi) is 3.11. The Balaban J connectivity index is 1.71. The Morgan fingerprint density at radius 2 is 2.05 bits per heavy atom. The molecule has 0 N–H and O–H groups in total. The van der Waals surface area contributed by atoms with Crippen LogP contribution in [0.15, 0.2) is 17.0 Å². The smallest absolute Gasteiger partial charge is 0.177 e. The molecule has 7 heteroatoms. The van der Waals surface area contributed by atoms with Gasteiger partial charge in [0.05, 0.1) is 11.4 Å². The Hall–Kier alpha value is -2.02. The topological polar surface area (TPSA) is 60.9 Å². The molecule has 22 heavy (non-hydrogen) atoms. The molecule has 0 unspecified atom stereocenters. The number of aromatic nitrogens is 6. The first-order valence-electron chi connectivity index (χ1n) is 7.23. The first kappa shape index (κ1) is 13.6. The molecule has 0 aliphatic heterocycles. The standard InChI is InChI=1S/C15H15BrN6/c1-9-7-17-10(2)15-19-13(20-22(9)15)5-6-14-18-12(16)8-21(14)11-3-4-11/h5-8,11H,3-4H2,1-2H3/b6-5+. The number of hydrogen-bond acceptors (Lipinski definition) is 4. The maximum atomic E-state index is 4.54. The highest BCUT2D eigenvalue weighted by Crippen LogP contribution is 2.36. The summed E-state index contributed by atoms with van der Waals surface area (Å²) < 4.78 is 4.89. The van der Waals surface area contributed by atoms with Gasteiger partial charge >= 0.3 is 0 Å². The molecule has 0 saturated heterocycles. The summed E-state index contributed by atoms with van der Waals surface area (Å²) in [5.74, 6) is 1.60. The largest absolute Gasteiger partial charge is 0.327 e. The fourth-order valence-corrected chi connectivity index (χ4v) is 2.88. The van der Waals surface area contributed by atoms with E-state index in [2.05, 4.69) is 40.5 Å². The fourth-order valence-electron chi connectivity index (χ4n) is 2.48. The molecule has 1 aliphatic carbocycles. The van der Waals surface area contributed by atoms with Gasteiger partial charge in [0, 0.05) is 18.4 Å². The van der Waals surface area contributed by atoms with Gasteiger partial charge in [0.25, 0.3) is 0 Å². The zero-order chi connectivity index (χ0) is 15.3. The lowest BCUT2D eigenvalue weighted by Gasteiger charge is -1.99. The Labute approximate surface area is 136 Å². The van der Waals surface area contributed by atoms with Crippen LogP contribution in [0.25, 0.3) is 17.8 Å². The third kappa shape index (κ3) is 2.35. The maximum absolute atomic E-state index is 4.54. The SMILES string of the molecule is Cc1ncc(C)n2nc(/C=C/c3nc(Br)cn3C3CC3)nc12. The molecule has 0 radical (unpaired) electrons. The highest BCUT2D eigenvalue weighted by atomic mass is 79.9. The number of hydrogen-bond donors (Lipinski definition) is 0. The van der Waals surface area contributed by atoms with E-state index in [0.29, 0.717) is 11.9 Å². The number of imidazole rings is 1. The summed E-state index contributed by atoms with van der Waals surface area (Å²) in [5, 5.41) is 4.52. The van der Waals surface area contributed by atoms with E-state index in [1.807, 2.05) is 36.7 Å². The van der Waals surface area contributed by atoms with Crippen molar-refractivity contribution in [2.24, 2.45) is 0 Å². The molecule has 3 heterocycles. The van der Waals surface area contributed by atoms with E-state index in [1.165, 1.54) is 12.8 Å². The molecule has 1 fully saturated rings. The van der Waals surface area contributed by atoms with Gasteiger partial charge in [-0.05, 0) is 54.8 Å². The van der Waals surface area contributed by atoms with Crippen LogP contribution < -0.4 is 0 Å². The predicted molar refractivity (Wildman–Crippen MR) is 87.4 cm³/mol. The van der Waals surface area contributed by atoms with Gasteiger partial charge in [0.15, 0.2) is 11.5 Å². The maximum Gasteiger partial charge on any atom is 0.177 e. The second-order valence-corrected chi connectivity index (χ2v) is 6.40. The van der Waals surface area contributed by atoms with Crippen molar-refractivity contribution in [1.82, 2.24) is 29.1 Å². The first-order valence-corrected chi connectivity index (χ1v) is 8.02. The van der Waals surface area contributed by atoms with Crippen molar-refractivity contribution in [3.63, 3.8) is 0 Å². The molecule has 3 aromatic heterocycles. The van der Waals surface area contributed by atoms with E-state index in [9.17, 15) is 0 Å². The van der Waals surface area contributed by atoms with Crippen LogP contribution in [0.2, 0.25) is 0 Å². The molecule has 0 amide bonds. The quantitative estimate of drug-likeness (QED) is 0.721. The minimum absolute atomic E-state index is 0.584. The zero-order valence-corrected chi connectivity index (χ0v) is 13.9. The van der Waals surface area contributed by atoms with Crippen molar-refractivity contribution in [2.45, 2.75) is 32.7 Å². The molecular weight excluding hydrogens is 344 g/mol. The minimum atomic E-state index is 0.584. The second kappa shape index (κ2) is 5.01. The van der Waals surface area contributed by atoms with Crippen molar-refractivity contribution in [3.05, 3.63) is 40.0 Å². The van der Waals surface area contributed by atoms with Gasteiger partial charge in [0.2, 0.25) is 0 Å². The van der Waals surface area contributed by atoms with Crippen molar-refractivity contribution >= 4 is 33.7 Å². The van der Waals surface area contributed by atoms with E-state index in [-0.39, 0.29) is 0 Å². The second-order valence-electron chi connectivity index (χ2n) is 5.58. The molecule has 1 aliphatic rings. The number of rotatable bonds is 3. The van der Waals surface area contributed by atoms with Crippen molar-refractivity contribution in [3.8, 4) is 0 Å². The highest BCUT2D eigenvalue weighted by molar-refractivity contribution is 9.10. The molecule has 0 bridgehead atoms. The van der Waals surface area contributed by atoms with Crippen molar-refractivity contribution in [1.29, 1.82) is 0 Å². The van der Waals surface area contributed by atoms with Crippen LogP contribution in [0.3, 0.4) is 0 Å². The highest BCUT2D eigenvalue weighted by Gasteiger charge is 2.25. The van der Waals surface area contributed by atoms with Gasteiger partial charge in [0.1, 0.15) is 10.4 Å². The van der Waals surface area contributed by atoms with Gasteiger partial charge in [-0.2, -0.15) is 0 Å². The monoisotopic (exact) mass is 358 g/mol. The van der Waals surface area contributed by atoms with E-state index in [4.69, 9.17) is 0 Å². The third-order valence-electron chi connectivity index (χ3n) is 3.78. The van der Waals surface area contributed by atoms with Crippen LogP contribution in [0.1, 0.15) is 41.9 Å². The lowest BCUT2D eigenvalue weighted by atomic mass is 10.4. The number of halogens is 1.